The van der Waals surface area contributed by atoms with Crippen molar-refractivity contribution in [1.82, 2.24) is 15.2 Å². The number of aromatic nitrogens is 1. The summed E-state index contributed by atoms with van der Waals surface area (Å²) in [4.78, 5) is 16.5. The fourth-order valence-corrected chi connectivity index (χ4v) is 3.80. The lowest BCUT2D eigenvalue weighted by Gasteiger charge is -2.19. The molecule has 3 aromatic rings. The van der Waals surface area contributed by atoms with Gasteiger partial charge in [-0.25, -0.2) is 0 Å². The van der Waals surface area contributed by atoms with Crippen molar-refractivity contribution in [2.45, 2.75) is 38.6 Å². The van der Waals surface area contributed by atoms with E-state index >= 15 is 0 Å². The SMILES string of the molecule is CCNC(=NCCCCn1ccccc1=O)NCCC(c1ccccc1)c1ccccc1. The van der Waals surface area contributed by atoms with E-state index in [2.05, 4.69) is 78.2 Å². The van der Waals surface area contributed by atoms with Gasteiger partial charge in [0.2, 0.25) is 5.56 Å². The van der Waals surface area contributed by atoms with E-state index < -0.39 is 0 Å². The predicted molar refractivity (Wildman–Crippen MR) is 133 cm³/mol. The second-order valence-electron chi connectivity index (χ2n) is 7.79. The van der Waals surface area contributed by atoms with Gasteiger partial charge in [-0.2, -0.15) is 0 Å². The zero-order valence-corrected chi connectivity index (χ0v) is 18.9. The van der Waals surface area contributed by atoms with Crippen molar-refractivity contribution in [3.05, 3.63) is 107 Å². The summed E-state index contributed by atoms with van der Waals surface area (Å²) in [5.41, 5.74) is 2.72. The number of aryl methyl sites for hydroxylation is 1. The van der Waals surface area contributed by atoms with E-state index in [0.717, 1.165) is 51.4 Å². The molecule has 0 aliphatic carbocycles. The Hall–Kier alpha value is -3.34. The Morgan fingerprint density at radius 1 is 0.875 bits per heavy atom. The maximum Gasteiger partial charge on any atom is 0.250 e. The van der Waals surface area contributed by atoms with E-state index in [0.29, 0.717) is 5.92 Å². The topological polar surface area (TPSA) is 58.4 Å². The monoisotopic (exact) mass is 430 g/mol. The number of unbranched alkanes of at least 4 members (excludes halogenated alkanes) is 1. The molecule has 0 fully saturated rings. The number of benzene rings is 2. The first-order valence-electron chi connectivity index (χ1n) is 11.6. The molecule has 0 spiro atoms. The molecule has 0 bridgehead atoms. The Morgan fingerprint density at radius 2 is 1.53 bits per heavy atom. The van der Waals surface area contributed by atoms with Crippen LogP contribution in [0.25, 0.3) is 0 Å². The molecule has 0 aliphatic heterocycles. The third kappa shape index (κ3) is 7.41. The molecule has 0 atom stereocenters. The van der Waals surface area contributed by atoms with E-state index in [-0.39, 0.29) is 5.56 Å². The summed E-state index contributed by atoms with van der Waals surface area (Å²) in [6, 6.07) is 26.6. The average molecular weight is 431 g/mol. The number of pyridine rings is 1. The molecule has 1 heterocycles. The molecule has 0 radical (unpaired) electrons. The Bertz CT molecular complexity index is 959. The van der Waals surface area contributed by atoms with Crippen LogP contribution in [0.3, 0.4) is 0 Å². The van der Waals surface area contributed by atoms with Gasteiger partial charge < -0.3 is 15.2 Å². The molecular weight excluding hydrogens is 396 g/mol. The Labute approximate surface area is 191 Å². The number of hydrogen-bond donors (Lipinski definition) is 2. The van der Waals surface area contributed by atoms with E-state index in [1.807, 2.05) is 12.3 Å². The molecule has 1 aromatic heterocycles. The third-order valence-electron chi connectivity index (χ3n) is 5.45. The number of aliphatic imine (C=N–C) groups is 1. The molecule has 5 nitrogen and oxygen atoms in total. The summed E-state index contributed by atoms with van der Waals surface area (Å²) in [7, 11) is 0. The average Bonchev–Trinajstić information content (AvgIpc) is 2.83. The van der Waals surface area contributed by atoms with Crippen LogP contribution < -0.4 is 16.2 Å². The van der Waals surface area contributed by atoms with Crippen LogP contribution in [0.2, 0.25) is 0 Å². The summed E-state index contributed by atoms with van der Waals surface area (Å²) < 4.78 is 1.75. The highest BCUT2D eigenvalue weighted by molar-refractivity contribution is 5.79. The van der Waals surface area contributed by atoms with E-state index in [1.54, 1.807) is 16.7 Å². The molecule has 168 valence electrons. The van der Waals surface area contributed by atoms with E-state index in [1.165, 1.54) is 11.1 Å². The summed E-state index contributed by atoms with van der Waals surface area (Å²) >= 11 is 0. The van der Waals surface area contributed by atoms with Gasteiger partial charge in [-0.15, -0.1) is 0 Å². The van der Waals surface area contributed by atoms with Gasteiger partial charge in [-0.3, -0.25) is 9.79 Å². The van der Waals surface area contributed by atoms with Gasteiger partial charge >= 0.3 is 0 Å². The molecule has 0 aliphatic rings. The molecule has 2 N–H and O–H groups in total. The molecule has 5 heteroatoms. The highest BCUT2D eigenvalue weighted by Gasteiger charge is 2.13. The molecule has 3 rings (SSSR count). The number of guanidine groups is 1. The van der Waals surface area contributed by atoms with Gasteiger partial charge in [0.15, 0.2) is 5.96 Å². The van der Waals surface area contributed by atoms with Crippen molar-refractivity contribution in [3.63, 3.8) is 0 Å². The molecule has 0 saturated carbocycles. The lowest BCUT2D eigenvalue weighted by molar-refractivity contribution is 0.597. The predicted octanol–water partition coefficient (Wildman–Crippen LogP) is 4.41. The Kier molecular flexibility index (Phi) is 9.59. The summed E-state index contributed by atoms with van der Waals surface area (Å²) in [6.45, 7) is 5.20. The minimum Gasteiger partial charge on any atom is -0.357 e. The van der Waals surface area contributed by atoms with Gasteiger partial charge in [-0.05, 0) is 43.4 Å². The molecule has 2 aromatic carbocycles. The molecule has 0 saturated heterocycles. The number of nitrogens with zero attached hydrogens (tertiary/aromatic N) is 2. The van der Waals surface area contributed by atoms with Crippen molar-refractivity contribution < 1.29 is 0 Å². The lowest BCUT2D eigenvalue weighted by Crippen LogP contribution is -2.38. The summed E-state index contributed by atoms with van der Waals surface area (Å²) in [5, 5.41) is 6.83. The van der Waals surface area contributed by atoms with Crippen molar-refractivity contribution in [2.75, 3.05) is 19.6 Å². The largest absolute Gasteiger partial charge is 0.357 e. The number of hydrogen-bond acceptors (Lipinski definition) is 2. The second kappa shape index (κ2) is 13.2. The highest BCUT2D eigenvalue weighted by atomic mass is 16.1. The first-order chi connectivity index (χ1) is 15.8. The van der Waals surface area contributed by atoms with Crippen LogP contribution in [0.4, 0.5) is 0 Å². The van der Waals surface area contributed by atoms with Gasteiger partial charge in [-0.1, -0.05) is 66.7 Å². The minimum atomic E-state index is 0.0531. The fourth-order valence-electron chi connectivity index (χ4n) is 3.80. The third-order valence-corrected chi connectivity index (χ3v) is 5.45. The van der Waals surface area contributed by atoms with Crippen molar-refractivity contribution in [2.24, 2.45) is 4.99 Å². The lowest BCUT2D eigenvalue weighted by atomic mass is 9.88. The second-order valence-corrected chi connectivity index (χ2v) is 7.79. The molecule has 0 amide bonds. The summed E-state index contributed by atoms with van der Waals surface area (Å²) in [6.07, 6.45) is 4.69. The minimum absolute atomic E-state index is 0.0531. The van der Waals surface area contributed by atoms with Crippen LogP contribution in [-0.4, -0.2) is 30.2 Å². The maximum atomic E-state index is 11.8. The van der Waals surface area contributed by atoms with E-state index in [9.17, 15) is 4.79 Å². The number of nitrogens with one attached hydrogen (secondary N) is 2. The quantitative estimate of drug-likeness (QED) is 0.269. The van der Waals surface area contributed by atoms with Crippen LogP contribution in [0.1, 0.15) is 43.2 Å². The van der Waals surface area contributed by atoms with Crippen LogP contribution in [0.15, 0.2) is 94.8 Å². The van der Waals surface area contributed by atoms with Crippen molar-refractivity contribution >= 4 is 5.96 Å². The van der Waals surface area contributed by atoms with Crippen LogP contribution in [-0.2, 0) is 6.54 Å². The van der Waals surface area contributed by atoms with Crippen LogP contribution in [0.5, 0.6) is 0 Å². The van der Waals surface area contributed by atoms with Crippen LogP contribution in [0, 0.1) is 0 Å². The van der Waals surface area contributed by atoms with Crippen molar-refractivity contribution in [3.8, 4) is 0 Å². The van der Waals surface area contributed by atoms with Crippen LogP contribution >= 0.6 is 0 Å². The zero-order chi connectivity index (χ0) is 22.4. The maximum absolute atomic E-state index is 11.8. The van der Waals surface area contributed by atoms with E-state index in [4.69, 9.17) is 4.99 Å². The first kappa shape index (κ1) is 23.3. The Morgan fingerprint density at radius 3 is 2.16 bits per heavy atom. The highest BCUT2D eigenvalue weighted by Crippen LogP contribution is 2.27. The van der Waals surface area contributed by atoms with Gasteiger partial charge in [0, 0.05) is 44.4 Å². The van der Waals surface area contributed by atoms with Gasteiger partial charge in [0.1, 0.15) is 0 Å². The molecular formula is C27H34N4O. The van der Waals surface area contributed by atoms with Gasteiger partial charge in [0.25, 0.3) is 0 Å². The molecule has 32 heavy (non-hydrogen) atoms. The molecule has 0 unspecified atom stereocenters. The summed E-state index contributed by atoms with van der Waals surface area (Å²) in [5.74, 6) is 1.20. The van der Waals surface area contributed by atoms with Gasteiger partial charge in [0.05, 0.1) is 0 Å². The van der Waals surface area contributed by atoms with Crippen molar-refractivity contribution in [1.29, 1.82) is 0 Å². The Balaban J connectivity index is 1.51. The smallest absolute Gasteiger partial charge is 0.250 e. The zero-order valence-electron chi connectivity index (χ0n) is 18.9. The normalized spacial score (nSPS) is 11.5. The first-order valence-corrected chi connectivity index (χ1v) is 11.6. The number of rotatable bonds is 11. The fraction of sp³-hybridized carbons (Fsp3) is 0.333. The standard InChI is InChI=1S/C27H34N4O/c1-2-28-27(29-19-10-12-22-31-21-11-9-17-26(31)32)30-20-18-25(23-13-5-3-6-14-23)24-15-7-4-8-16-24/h3-9,11,13-17,21,25H,2,10,12,18-20,22H2,1H3,(H2,28,29,30).